The van der Waals surface area contributed by atoms with Gasteiger partial charge in [0.05, 0.1) is 19.8 Å². The zero-order valence-electron chi connectivity index (χ0n) is 14.5. The average Bonchev–Trinajstić information content (AvgIpc) is 2.67. The first-order chi connectivity index (χ1) is 12.2. The molecule has 5 nitrogen and oxygen atoms in total. The Morgan fingerprint density at radius 3 is 2.64 bits per heavy atom. The van der Waals surface area contributed by atoms with Gasteiger partial charge in [0, 0.05) is 31.4 Å². The smallest absolute Gasteiger partial charge is 0.241 e. The predicted octanol–water partition coefficient (Wildman–Crippen LogP) is 2.47. The molecule has 0 unspecified atom stereocenters. The van der Waals surface area contributed by atoms with Crippen LogP contribution in [-0.4, -0.2) is 49.2 Å². The molecule has 1 fully saturated rings. The number of nitrogens with zero attached hydrogens (tertiary/aromatic N) is 2. The van der Waals surface area contributed by atoms with Crippen LogP contribution >= 0.6 is 0 Å². The van der Waals surface area contributed by atoms with Gasteiger partial charge in [0.25, 0.3) is 0 Å². The van der Waals surface area contributed by atoms with E-state index >= 15 is 0 Å². The molecular weight excluding hydrogens is 316 g/mol. The van der Waals surface area contributed by atoms with Gasteiger partial charge in [0.15, 0.2) is 0 Å². The van der Waals surface area contributed by atoms with Crippen LogP contribution in [0.25, 0.3) is 0 Å². The van der Waals surface area contributed by atoms with Crippen molar-refractivity contribution in [1.29, 1.82) is 0 Å². The molecular formula is C20H24N2O3. The highest BCUT2D eigenvalue weighted by Crippen LogP contribution is 2.23. The summed E-state index contributed by atoms with van der Waals surface area (Å²) in [6.45, 7) is 2.52. The molecule has 2 aromatic rings. The van der Waals surface area contributed by atoms with Crippen molar-refractivity contribution >= 4 is 11.6 Å². The largest absolute Gasteiger partial charge is 0.497 e. The lowest BCUT2D eigenvalue weighted by molar-refractivity contribution is -0.121. The molecule has 0 bridgehead atoms. The molecule has 0 aromatic heterocycles. The minimum atomic E-state index is -0.493. The Kier molecular flexibility index (Phi) is 5.68. The maximum Gasteiger partial charge on any atom is 0.241 e. The number of methoxy groups -OCH3 is 1. The molecule has 1 atom stereocenters. The Morgan fingerprint density at radius 1 is 1.12 bits per heavy atom. The van der Waals surface area contributed by atoms with E-state index in [1.54, 1.807) is 12.0 Å². The topological polar surface area (TPSA) is 53.0 Å². The lowest BCUT2D eigenvalue weighted by atomic mass is 10.1. The number of hydrogen-bond acceptors (Lipinski definition) is 4. The van der Waals surface area contributed by atoms with Crippen LogP contribution in [-0.2, 0) is 4.79 Å². The second kappa shape index (κ2) is 8.14. The van der Waals surface area contributed by atoms with Gasteiger partial charge in [-0.05, 0) is 24.1 Å². The van der Waals surface area contributed by atoms with Gasteiger partial charge in [-0.2, -0.15) is 0 Å². The number of hydrogen-bond donors (Lipinski definition) is 1. The Hall–Kier alpha value is -2.37. The summed E-state index contributed by atoms with van der Waals surface area (Å²) in [5.41, 5.74) is 1.79. The van der Waals surface area contributed by atoms with Crippen LogP contribution in [0.3, 0.4) is 0 Å². The van der Waals surface area contributed by atoms with Crippen molar-refractivity contribution in [2.45, 2.75) is 12.5 Å². The Labute approximate surface area is 148 Å². The Balaban J connectivity index is 1.54. The van der Waals surface area contributed by atoms with Gasteiger partial charge in [-0.3, -0.25) is 9.69 Å². The maximum atomic E-state index is 12.5. The summed E-state index contributed by atoms with van der Waals surface area (Å²) in [5, 5.41) is 10.3. The van der Waals surface area contributed by atoms with E-state index in [0.29, 0.717) is 26.1 Å². The maximum absolute atomic E-state index is 12.5. The van der Waals surface area contributed by atoms with Crippen molar-refractivity contribution in [2.24, 2.45) is 0 Å². The number of anilines is 1. The summed E-state index contributed by atoms with van der Waals surface area (Å²) in [4.78, 5) is 16.4. The van der Waals surface area contributed by atoms with Crippen molar-refractivity contribution in [1.82, 2.24) is 4.90 Å². The van der Waals surface area contributed by atoms with E-state index in [-0.39, 0.29) is 5.91 Å². The molecule has 5 heteroatoms. The molecule has 3 rings (SSSR count). The van der Waals surface area contributed by atoms with Gasteiger partial charge in [-0.15, -0.1) is 0 Å². The highest BCUT2D eigenvalue weighted by molar-refractivity contribution is 5.95. The molecule has 0 saturated carbocycles. The fourth-order valence-corrected chi connectivity index (χ4v) is 3.11. The summed E-state index contributed by atoms with van der Waals surface area (Å²) in [6.07, 6.45) is 0.129. The number of benzene rings is 2. The number of aliphatic hydroxyl groups excluding tert-OH is 1. The highest BCUT2D eigenvalue weighted by Gasteiger charge is 2.25. The molecule has 25 heavy (non-hydrogen) atoms. The zero-order chi connectivity index (χ0) is 17.6. The van der Waals surface area contributed by atoms with Crippen molar-refractivity contribution in [3.8, 4) is 5.75 Å². The summed E-state index contributed by atoms with van der Waals surface area (Å²) in [7, 11) is 1.62. The van der Waals surface area contributed by atoms with Crippen molar-refractivity contribution < 1.29 is 14.6 Å². The summed E-state index contributed by atoms with van der Waals surface area (Å²) < 4.78 is 5.23. The lowest BCUT2D eigenvalue weighted by Gasteiger charge is -2.34. The highest BCUT2D eigenvalue weighted by atomic mass is 16.5. The van der Waals surface area contributed by atoms with E-state index in [4.69, 9.17) is 4.74 Å². The third-order valence-corrected chi connectivity index (χ3v) is 4.57. The molecule has 1 saturated heterocycles. The molecule has 0 radical (unpaired) electrons. The van der Waals surface area contributed by atoms with Crippen LogP contribution in [0.1, 0.15) is 18.1 Å². The average molecular weight is 340 g/mol. The first kappa shape index (κ1) is 17.5. The SMILES string of the molecule is COc1cccc(N2CCN(CC[C@H](O)c3ccccc3)CC2=O)c1. The molecule has 1 aliphatic heterocycles. The van der Waals surface area contributed by atoms with E-state index in [9.17, 15) is 9.90 Å². The summed E-state index contributed by atoms with van der Waals surface area (Å²) in [6, 6.07) is 17.2. The summed E-state index contributed by atoms with van der Waals surface area (Å²) >= 11 is 0. The van der Waals surface area contributed by atoms with E-state index in [0.717, 1.165) is 23.5 Å². The van der Waals surface area contributed by atoms with Crippen LogP contribution in [0.5, 0.6) is 5.75 Å². The van der Waals surface area contributed by atoms with Crippen LogP contribution in [0.4, 0.5) is 5.69 Å². The van der Waals surface area contributed by atoms with Crippen LogP contribution < -0.4 is 9.64 Å². The Bertz CT molecular complexity index is 705. The summed E-state index contributed by atoms with van der Waals surface area (Å²) in [5.74, 6) is 0.826. The van der Waals surface area contributed by atoms with E-state index < -0.39 is 6.10 Å². The third-order valence-electron chi connectivity index (χ3n) is 4.57. The first-order valence-corrected chi connectivity index (χ1v) is 8.57. The van der Waals surface area contributed by atoms with E-state index in [1.165, 1.54) is 0 Å². The monoisotopic (exact) mass is 340 g/mol. The van der Waals surface area contributed by atoms with E-state index in [2.05, 4.69) is 4.90 Å². The predicted molar refractivity (Wildman–Crippen MR) is 97.8 cm³/mol. The minimum Gasteiger partial charge on any atom is -0.497 e. The zero-order valence-corrected chi connectivity index (χ0v) is 14.5. The normalized spacial score (nSPS) is 16.7. The lowest BCUT2D eigenvalue weighted by Crippen LogP contribution is -2.50. The molecule has 0 aliphatic carbocycles. The fraction of sp³-hybridized carbons (Fsp3) is 0.350. The molecule has 1 heterocycles. The van der Waals surface area contributed by atoms with Gasteiger partial charge in [-0.25, -0.2) is 0 Å². The first-order valence-electron chi connectivity index (χ1n) is 8.57. The molecule has 0 spiro atoms. The second-order valence-corrected chi connectivity index (χ2v) is 6.24. The molecule has 2 aromatic carbocycles. The van der Waals surface area contributed by atoms with Crippen molar-refractivity contribution in [3.63, 3.8) is 0 Å². The molecule has 1 aliphatic rings. The third kappa shape index (κ3) is 4.38. The van der Waals surface area contributed by atoms with Crippen LogP contribution in [0, 0.1) is 0 Å². The van der Waals surface area contributed by atoms with E-state index in [1.807, 2.05) is 54.6 Å². The molecule has 132 valence electrons. The number of ether oxygens (including phenoxy) is 1. The number of rotatable bonds is 6. The van der Waals surface area contributed by atoms with Crippen molar-refractivity contribution in [3.05, 3.63) is 60.2 Å². The quantitative estimate of drug-likeness (QED) is 0.878. The molecule has 1 amide bonds. The number of piperazine rings is 1. The number of amides is 1. The Morgan fingerprint density at radius 2 is 1.92 bits per heavy atom. The number of carbonyl (C=O) groups excluding carboxylic acids is 1. The van der Waals surface area contributed by atoms with Crippen LogP contribution in [0.15, 0.2) is 54.6 Å². The van der Waals surface area contributed by atoms with Gasteiger partial charge >= 0.3 is 0 Å². The molecule has 1 N–H and O–H groups in total. The van der Waals surface area contributed by atoms with Gasteiger partial charge in [-0.1, -0.05) is 36.4 Å². The van der Waals surface area contributed by atoms with Gasteiger partial charge < -0.3 is 14.7 Å². The van der Waals surface area contributed by atoms with Gasteiger partial charge in [0.1, 0.15) is 5.75 Å². The standard InChI is InChI=1S/C20H24N2O3/c1-25-18-9-5-8-17(14-18)22-13-12-21(15-20(22)24)11-10-19(23)16-6-3-2-4-7-16/h2-9,14,19,23H,10-13,15H2,1H3/t19-/m0/s1. The number of carbonyl (C=O) groups is 1. The minimum absolute atomic E-state index is 0.0775. The van der Waals surface area contributed by atoms with Crippen LogP contribution in [0.2, 0.25) is 0 Å². The fourth-order valence-electron chi connectivity index (χ4n) is 3.11. The van der Waals surface area contributed by atoms with Gasteiger partial charge in [0.2, 0.25) is 5.91 Å². The second-order valence-electron chi connectivity index (χ2n) is 6.24. The van der Waals surface area contributed by atoms with Crippen molar-refractivity contribution in [2.75, 3.05) is 38.2 Å². The number of aliphatic hydroxyl groups is 1.